The Balaban J connectivity index is 0.00000192. The second-order valence-corrected chi connectivity index (χ2v) is 6.46. The number of halogens is 1. The maximum Gasteiger partial charge on any atom is 0.225 e. The average molecular weight is 333 g/mol. The summed E-state index contributed by atoms with van der Waals surface area (Å²) in [4.78, 5) is 14.5. The van der Waals surface area contributed by atoms with E-state index in [0.29, 0.717) is 6.54 Å². The van der Waals surface area contributed by atoms with E-state index in [1.165, 1.54) is 16.3 Å². The number of nitrogens with two attached hydrogens (primary N) is 1. The van der Waals surface area contributed by atoms with Crippen molar-refractivity contribution in [3.8, 4) is 0 Å². The molecule has 124 valence electrons. The largest absolute Gasteiger partial charge is 0.341 e. The van der Waals surface area contributed by atoms with Crippen molar-refractivity contribution in [2.24, 2.45) is 11.7 Å². The molecule has 0 spiro atoms. The number of nitrogens with zero attached hydrogens (tertiary/aromatic N) is 1. The summed E-state index contributed by atoms with van der Waals surface area (Å²) in [6.07, 6.45) is 3.93. The fourth-order valence-electron chi connectivity index (χ4n) is 3.53. The fraction of sp³-hybridized carbons (Fsp3) is 0.421. The van der Waals surface area contributed by atoms with Crippen molar-refractivity contribution < 1.29 is 4.79 Å². The molecule has 2 unspecified atom stereocenters. The zero-order chi connectivity index (χ0) is 15.5. The minimum absolute atomic E-state index is 0. The number of rotatable bonds is 3. The molecule has 0 bridgehead atoms. The van der Waals surface area contributed by atoms with Gasteiger partial charge in [0.2, 0.25) is 5.91 Å². The summed E-state index contributed by atoms with van der Waals surface area (Å²) in [5, 5.41) is 2.45. The molecule has 2 N–H and O–H groups in total. The van der Waals surface area contributed by atoms with Crippen LogP contribution in [0.3, 0.4) is 0 Å². The predicted octanol–water partition coefficient (Wildman–Crippen LogP) is 3.74. The molecule has 3 nitrogen and oxygen atoms in total. The molecule has 2 aromatic rings. The first-order valence-electron chi connectivity index (χ1n) is 8.12. The molecule has 0 aliphatic heterocycles. The Hall–Kier alpha value is -1.58. The first-order valence-corrected chi connectivity index (χ1v) is 8.12. The first kappa shape index (κ1) is 17.8. The number of amides is 1. The number of hydrogen-bond donors (Lipinski definition) is 1. The maximum atomic E-state index is 12.7. The van der Waals surface area contributed by atoms with Crippen molar-refractivity contribution in [3.63, 3.8) is 0 Å². The quantitative estimate of drug-likeness (QED) is 0.930. The molecule has 1 amide bonds. The molecule has 1 fully saturated rings. The lowest BCUT2D eigenvalue weighted by Gasteiger charge is -2.29. The van der Waals surface area contributed by atoms with E-state index in [0.717, 1.165) is 25.7 Å². The van der Waals surface area contributed by atoms with Crippen LogP contribution in [0.25, 0.3) is 10.8 Å². The van der Waals surface area contributed by atoms with Crippen molar-refractivity contribution in [3.05, 3.63) is 48.0 Å². The van der Waals surface area contributed by atoms with Gasteiger partial charge in [0, 0.05) is 25.6 Å². The van der Waals surface area contributed by atoms with E-state index in [1.54, 1.807) is 0 Å². The monoisotopic (exact) mass is 332 g/mol. The molecule has 0 aromatic heterocycles. The standard InChI is InChI=1S/C19H24N2O.ClH/c1-21(19(22)15-8-5-10-17(20)12-15)13-16-9-4-7-14-6-2-3-11-18(14)16;/h2-4,6-7,9,11,15,17H,5,8,10,12-13,20H2,1H3;1H. The number of benzene rings is 2. The van der Waals surface area contributed by atoms with E-state index in [1.807, 2.05) is 24.1 Å². The Morgan fingerprint density at radius 2 is 1.91 bits per heavy atom. The number of hydrogen-bond acceptors (Lipinski definition) is 2. The van der Waals surface area contributed by atoms with Crippen LogP contribution in [-0.2, 0) is 11.3 Å². The third-order valence-electron chi connectivity index (χ3n) is 4.73. The molecular weight excluding hydrogens is 308 g/mol. The zero-order valence-corrected chi connectivity index (χ0v) is 14.4. The van der Waals surface area contributed by atoms with Gasteiger partial charge in [-0.3, -0.25) is 4.79 Å². The molecule has 0 radical (unpaired) electrons. The summed E-state index contributed by atoms with van der Waals surface area (Å²) in [6, 6.07) is 14.8. The summed E-state index contributed by atoms with van der Waals surface area (Å²) in [5.74, 6) is 0.340. The molecule has 4 heteroatoms. The molecule has 23 heavy (non-hydrogen) atoms. The first-order chi connectivity index (χ1) is 10.6. The van der Waals surface area contributed by atoms with Gasteiger partial charge in [0.25, 0.3) is 0 Å². The molecular formula is C19H25ClN2O. The highest BCUT2D eigenvalue weighted by molar-refractivity contribution is 5.86. The highest BCUT2D eigenvalue weighted by atomic mass is 35.5. The molecule has 1 aliphatic rings. The number of carbonyl (C=O) groups excluding carboxylic acids is 1. The van der Waals surface area contributed by atoms with Gasteiger partial charge in [-0.2, -0.15) is 0 Å². The second-order valence-electron chi connectivity index (χ2n) is 6.46. The Bertz CT molecular complexity index is 668. The van der Waals surface area contributed by atoms with E-state index in [-0.39, 0.29) is 30.3 Å². The number of fused-ring (bicyclic) bond motifs is 1. The number of carbonyl (C=O) groups is 1. The molecule has 0 saturated heterocycles. The van der Waals surface area contributed by atoms with Crippen LogP contribution in [0, 0.1) is 5.92 Å². The van der Waals surface area contributed by atoms with Gasteiger partial charge in [-0.15, -0.1) is 12.4 Å². The minimum atomic E-state index is 0. The summed E-state index contributed by atoms with van der Waals surface area (Å²) < 4.78 is 0. The van der Waals surface area contributed by atoms with E-state index in [2.05, 4.69) is 30.3 Å². The van der Waals surface area contributed by atoms with E-state index >= 15 is 0 Å². The van der Waals surface area contributed by atoms with Gasteiger partial charge in [-0.25, -0.2) is 0 Å². The van der Waals surface area contributed by atoms with Crippen LogP contribution < -0.4 is 5.73 Å². The van der Waals surface area contributed by atoms with Gasteiger partial charge in [-0.05, 0) is 35.6 Å². The van der Waals surface area contributed by atoms with Crippen molar-refractivity contribution in [2.75, 3.05) is 7.05 Å². The lowest BCUT2D eigenvalue weighted by atomic mass is 9.85. The SMILES string of the molecule is CN(Cc1cccc2ccccc12)C(=O)C1CCCC(N)C1.Cl. The van der Waals surface area contributed by atoms with E-state index in [4.69, 9.17) is 5.73 Å². The van der Waals surface area contributed by atoms with E-state index in [9.17, 15) is 4.79 Å². The molecule has 3 rings (SSSR count). The maximum absolute atomic E-state index is 12.7. The second kappa shape index (κ2) is 7.80. The van der Waals surface area contributed by atoms with Gasteiger partial charge in [-0.1, -0.05) is 48.9 Å². The third-order valence-corrected chi connectivity index (χ3v) is 4.73. The third kappa shape index (κ3) is 4.04. The van der Waals surface area contributed by atoms with Crippen molar-refractivity contribution >= 4 is 29.1 Å². The fourth-order valence-corrected chi connectivity index (χ4v) is 3.53. The van der Waals surface area contributed by atoms with Crippen LogP contribution in [-0.4, -0.2) is 23.9 Å². The molecule has 1 saturated carbocycles. The molecule has 1 aliphatic carbocycles. The van der Waals surface area contributed by atoms with Gasteiger partial charge in [0.1, 0.15) is 0 Å². The van der Waals surface area contributed by atoms with Crippen LogP contribution >= 0.6 is 12.4 Å². The van der Waals surface area contributed by atoms with Crippen molar-refractivity contribution in [1.29, 1.82) is 0 Å². The minimum Gasteiger partial charge on any atom is -0.341 e. The topological polar surface area (TPSA) is 46.3 Å². The highest BCUT2D eigenvalue weighted by Gasteiger charge is 2.27. The Morgan fingerprint density at radius 3 is 2.70 bits per heavy atom. The summed E-state index contributed by atoms with van der Waals surface area (Å²) >= 11 is 0. The van der Waals surface area contributed by atoms with Gasteiger partial charge < -0.3 is 10.6 Å². The highest BCUT2D eigenvalue weighted by Crippen LogP contribution is 2.26. The summed E-state index contributed by atoms with van der Waals surface area (Å²) in [7, 11) is 1.91. The Labute approximate surface area is 144 Å². The zero-order valence-electron chi connectivity index (χ0n) is 13.6. The van der Waals surface area contributed by atoms with Gasteiger partial charge >= 0.3 is 0 Å². The van der Waals surface area contributed by atoms with E-state index < -0.39 is 0 Å². The van der Waals surface area contributed by atoms with Crippen LogP contribution in [0.15, 0.2) is 42.5 Å². The molecule has 2 aromatic carbocycles. The normalized spacial score (nSPS) is 20.8. The van der Waals surface area contributed by atoms with Crippen LogP contribution in [0.4, 0.5) is 0 Å². The van der Waals surface area contributed by atoms with Gasteiger partial charge in [0.15, 0.2) is 0 Å². The summed E-state index contributed by atoms with van der Waals surface area (Å²) in [6.45, 7) is 0.659. The van der Waals surface area contributed by atoms with Crippen molar-refractivity contribution in [1.82, 2.24) is 4.90 Å². The van der Waals surface area contributed by atoms with Gasteiger partial charge in [0.05, 0.1) is 0 Å². The average Bonchev–Trinajstić information content (AvgIpc) is 2.54. The lowest BCUT2D eigenvalue weighted by molar-refractivity contribution is -0.135. The Morgan fingerprint density at radius 1 is 1.17 bits per heavy atom. The Kier molecular flexibility index (Phi) is 6.03. The van der Waals surface area contributed by atoms with Crippen LogP contribution in [0.1, 0.15) is 31.2 Å². The van der Waals surface area contributed by atoms with Crippen LogP contribution in [0.5, 0.6) is 0 Å². The summed E-state index contributed by atoms with van der Waals surface area (Å²) in [5.41, 5.74) is 7.22. The predicted molar refractivity (Wildman–Crippen MR) is 97.6 cm³/mol. The van der Waals surface area contributed by atoms with Crippen LogP contribution in [0.2, 0.25) is 0 Å². The lowest BCUT2D eigenvalue weighted by Crippen LogP contribution is -2.38. The smallest absolute Gasteiger partial charge is 0.225 e. The van der Waals surface area contributed by atoms with Crippen molar-refractivity contribution in [2.45, 2.75) is 38.3 Å². The molecule has 0 heterocycles. The molecule has 2 atom stereocenters.